The van der Waals surface area contributed by atoms with Gasteiger partial charge in [0.25, 0.3) is 5.91 Å². The summed E-state index contributed by atoms with van der Waals surface area (Å²) in [5, 5.41) is 18.8. The van der Waals surface area contributed by atoms with Crippen LogP contribution in [0, 0.1) is 11.3 Å². The highest BCUT2D eigenvalue weighted by Crippen LogP contribution is 2.36. The normalized spacial score (nSPS) is 11.6. The van der Waals surface area contributed by atoms with Crippen molar-refractivity contribution in [3.8, 4) is 6.07 Å². The van der Waals surface area contributed by atoms with Gasteiger partial charge in [-0.1, -0.05) is 24.3 Å². The maximum absolute atomic E-state index is 12.9. The van der Waals surface area contributed by atoms with Crippen molar-refractivity contribution in [1.29, 1.82) is 5.26 Å². The van der Waals surface area contributed by atoms with Crippen LogP contribution in [0.2, 0.25) is 0 Å². The van der Waals surface area contributed by atoms with Crippen molar-refractivity contribution in [2.75, 3.05) is 0 Å². The smallest absolute Gasteiger partial charge is 0.291 e. The Kier molecular flexibility index (Phi) is 5.53. The van der Waals surface area contributed by atoms with E-state index in [-0.39, 0.29) is 11.7 Å². The van der Waals surface area contributed by atoms with Gasteiger partial charge in [0.1, 0.15) is 6.33 Å². The van der Waals surface area contributed by atoms with Crippen LogP contribution < -0.4 is 5.32 Å². The minimum absolute atomic E-state index is 0.0348. The van der Waals surface area contributed by atoms with E-state index in [2.05, 4.69) is 36.5 Å². The van der Waals surface area contributed by atoms with Crippen LogP contribution in [0.5, 0.6) is 0 Å². The molecule has 0 saturated heterocycles. The minimum Gasteiger partial charge on any atom is -0.341 e. The standard InChI is InChI=1S/C22H17N7O/c23-11-15-4-1-5-16(10-15)20(28-22(30)21-26-14-27-29-21)19(17-6-2-8-24-12-17)18-7-3-9-25-13-18/h1-10,12-14,19-20H,(H,28,30)(H,26,27,29). The summed E-state index contributed by atoms with van der Waals surface area (Å²) in [4.78, 5) is 25.3. The van der Waals surface area contributed by atoms with Crippen LogP contribution in [0.15, 0.2) is 79.6 Å². The number of nitrogens with one attached hydrogen (secondary N) is 2. The number of hydrogen-bond acceptors (Lipinski definition) is 6. The minimum atomic E-state index is -0.516. The quantitative estimate of drug-likeness (QED) is 0.518. The molecule has 1 aromatic carbocycles. The van der Waals surface area contributed by atoms with E-state index in [1.165, 1.54) is 6.33 Å². The number of benzene rings is 1. The number of aromatic nitrogens is 5. The van der Waals surface area contributed by atoms with E-state index in [9.17, 15) is 10.1 Å². The Morgan fingerprint density at radius 1 is 1.00 bits per heavy atom. The number of carbonyl (C=O) groups excluding carboxylic acids is 1. The summed E-state index contributed by atoms with van der Waals surface area (Å²) < 4.78 is 0. The van der Waals surface area contributed by atoms with E-state index >= 15 is 0 Å². The van der Waals surface area contributed by atoms with Crippen LogP contribution in [0.1, 0.15) is 44.8 Å². The highest BCUT2D eigenvalue weighted by Gasteiger charge is 2.30. The molecule has 4 aromatic rings. The van der Waals surface area contributed by atoms with Crippen LogP contribution in [0.3, 0.4) is 0 Å². The molecule has 0 saturated carbocycles. The van der Waals surface area contributed by atoms with Gasteiger partial charge in [-0.15, -0.1) is 5.10 Å². The molecular weight excluding hydrogens is 378 g/mol. The molecule has 0 bridgehead atoms. The Labute approximate surface area is 172 Å². The predicted octanol–water partition coefficient (Wildman–Crippen LogP) is 2.77. The Morgan fingerprint density at radius 2 is 1.70 bits per heavy atom. The largest absolute Gasteiger partial charge is 0.341 e. The van der Waals surface area contributed by atoms with Crippen LogP contribution in [0.25, 0.3) is 0 Å². The summed E-state index contributed by atoms with van der Waals surface area (Å²) in [5.41, 5.74) is 3.07. The molecule has 146 valence electrons. The number of carbonyl (C=O) groups is 1. The van der Waals surface area contributed by atoms with E-state index in [0.717, 1.165) is 16.7 Å². The second kappa shape index (κ2) is 8.75. The molecule has 8 nitrogen and oxygen atoms in total. The van der Waals surface area contributed by atoms with Crippen molar-refractivity contribution in [1.82, 2.24) is 30.5 Å². The van der Waals surface area contributed by atoms with Gasteiger partial charge in [0, 0.05) is 30.7 Å². The Morgan fingerprint density at radius 3 is 2.27 bits per heavy atom. The second-order valence-electron chi connectivity index (χ2n) is 6.56. The van der Waals surface area contributed by atoms with Gasteiger partial charge in [-0.05, 0) is 41.0 Å². The molecule has 1 amide bonds. The molecule has 0 radical (unpaired) electrons. The first-order valence-corrected chi connectivity index (χ1v) is 9.23. The molecule has 8 heteroatoms. The van der Waals surface area contributed by atoms with Crippen LogP contribution in [-0.4, -0.2) is 31.1 Å². The SMILES string of the molecule is N#Cc1cccc(C(NC(=O)c2nc[nH]n2)C(c2cccnc2)c2cccnc2)c1. The van der Waals surface area contributed by atoms with Crippen LogP contribution in [0.4, 0.5) is 0 Å². The summed E-state index contributed by atoms with van der Waals surface area (Å²) >= 11 is 0. The van der Waals surface area contributed by atoms with Gasteiger partial charge in [0.15, 0.2) is 0 Å². The van der Waals surface area contributed by atoms with Crippen LogP contribution in [-0.2, 0) is 0 Å². The lowest BCUT2D eigenvalue weighted by atomic mass is 9.82. The number of hydrogen-bond donors (Lipinski definition) is 2. The topological polar surface area (TPSA) is 120 Å². The Hall–Kier alpha value is -4.38. The summed E-state index contributed by atoms with van der Waals surface area (Å²) in [6.07, 6.45) is 8.26. The summed E-state index contributed by atoms with van der Waals surface area (Å²) in [6, 6.07) is 16.4. The van der Waals surface area contributed by atoms with Crippen molar-refractivity contribution in [3.63, 3.8) is 0 Å². The molecule has 4 rings (SSSR count). The van der Waals surface area contributed by atoms with Crippen molar-refractivity contribution in [2.24, 2.45) is 0 Å². The van der Waals surface area contributed by atoms with Gasteiger partial charge in [0.05, 0.1) is 17.7 Å². The Balaban J connectivity index is 1.84. The molecule has 0 spiro atoms. The summed E-state index contributed by atoms with van der Waals surface area (Å²) in [5.74, 6) is -0.696. The summed E-state index contributed by atoms with van der Waals surface area (Å²) in [6.45, 7) is 0. The molecule has 0 aliphatic rings. The molecule has 1 atom stereocenters. The molecule has 0 aliphatic heterocycles. The number of pyridine rings is 2. The van der Waals surface area contributed by atoms with Gasteiger partial charge in [0.2, 0.25) is 5.82 Å². The molecular formula is C22H17N7O. The third kappa shape index (κ3) is 4.05. The van der Waals surface area contributed by atoms with E-state index in [0.29, 0.717) is 5.56 Å². The highest BCUT2D eigenvalue weighted by atomic mass is 16.2. The molecule has 2 N–H and O–H groups in total. The summed E-state index contributed by atoms with van der Waals surface area (Å²) in [7, 11) is 0. The van der Waals surface area contributed by atoms with Gasteiger partial charge in [-0.25, -0.2) is 4.98 Å². The van der Waals surface area contributed by atoms with Gasteiger partial charge in [-0.2, -0.15) is 5.26 Å². The fraction of sp³-hybridized carbons (Fsp3) is 0.0909. The van der Waals surface area contributed by atoms with E-state index < -0.39 is 11.9 Å². The van der Waals surface area contributed by atoms with Crippen LogP contribution >= 0.6 is 0 Å². The average molecular weight is 395 g/mol. The molecule has 1 unspecified atom stereocenters. The third-order valence-electron chi connectivity index (χ3n) is 4.70. The van der Waals surface area contributed by atoms with Gasteiger partial charge >= 0.3 is 0 Å². The zero-order valence-electron chi connectivity index (χ0n) is 15.8. The maximum atomic E-state index is 12.9. The van der Waals surface area contributed by atoms with Crippen molar-refractivity contribution in [3.05, 3.63) is 108 Å². The fourth-order valence-corrected chi connectivity index (χ4v) is 3.38. The third-order valence-corrected chi connectivity index (χ3v) is 4.70. The lowest BCUT2D eigenvalue weighted by Crippen LogP contribution is -2.34. The lowest BCUT2D eigenvalue weighted by molar-refractivity contribution is 0.0922. The van der Waals surface area contributed by atoms with E-state index in [4.69, 9.17) is 0 Å². The monoisotopic (exact) mass is 395 g/mol. The molecule has 0 aliphatic carbocycles. The fourth-order valence-electron chi connectivity index (χ4n) is 3.38. The van der Waals surface area contributed by atoms with Crippen molar-refractivity contribution < 1.29 is 4.79 Å². The second-order valence-corrected chi connectivity index (χ2v) is 6.56. The maximum Gasteiger partial charge on any atom is 0.291 e. The molecule has 3 heterocycles. The highest BCUT2D eigenvalue weighted by molar-refractivity contribution is 5.90. The average Bonchev–Trinajstić information content (AvgIpc) is 3.35. The number of H-pyrrole nitrogens is 1. The first kappa shape index (κ1) is 19.0. The van der Waals surface area contributed by atoms with E-state index in [1.54, 1.807) is 43.0 Å². The van der Waals surface area contributed by atoms with Crippen molar-refractivity contribution >= 4 is 5.91 Å². The zero-order chi connectivity index (χ0) is 20.8. The number of nitrogens with zero attached hydrogens (tertiary/aromatic N) is 5. The molecule has 30 heavy (non-hydrogen) atoms. The number of rotatable bonds is 6. The lowest BCUT2D eigenvalue weighted by Gasteiger charge is -2.29. The van der Waals surface area contributed by atoms with Gasteiger partial charge in [-0.3, -0.25) is 19.9 Å². The zero-order valence-corrected chi connectivity index (χ0v) is 15.8. The predicted molar refractivity (Wildman–Crippen MR) is 108 cm³/mol. The molecule has 3 aromatic heterocycles. The number of amides is 1. The first-order chi connectivity index (χ1) is 14.8. The van der Waals surface area contributed by atoms with Crippen molar-refractivity contribution in [2.45, 2.75) is 12.0 Å². The van der Waals surface area contributed by atoms with E-state index in [1.807, 2.05) is 30.3 Å². The number of nitriles is 1. The van der Waals surface area contributed by atoms with Gasteiger partial charge < -0.3 is 5.32 Å². The Bertz CT molecular complexity index is 1120. The number of aromatic amines is 1. The molecule has 0 fully saturated rings. The first-order valence-electron chi connectivity index (χ1n) is 9.23.